The monoisotopic (exact) mass is 195 g/mol. The van der Waals surface area contributed by atoms with E-state index in [2.05, 4.69) is 42.4 Å². The van der Waals surface area contributed by atoms with Gasteiger partial charge in [-0.3, -0.25) is 5.10 Å². The average Bonchev–Trinajstić information content (AvgIpc) is 2.63. The summed E-state index contributed by atoms with van der Waals surface area (Å²) in [6.07, 6.45) is 3.39. The number of aryl methyl sites for hydroxylation is 1. The largest absolute Gasteiger partial charge is 0.309 e. The molecular formula is C11H21N3. The normalized spacial score (nSPS) is 13.1. The predicted molar refractivity (Wildman–Crippen MR) is 59.2 cm³/mol. The van der Waals surface area contributed by atoms with Crippen molar-refractivity contribution in [1.82, 2.24) is 15.5 Å². The zero-order valence-electron chi connectivity index (χ0n) is 9.43. The summed E-state index contributed by atoms with van der Waals surface area (Å²) in [6, 6.07) is 2.73. The molecule has 1 unspecified atom stereocenters. The molecule has 3 heteroatoms. The van der Waals surface area contributed by atoms with E-state index < -0.39 is 0 Å². The van der Waals surface area contributed by atoms with Crippen molar-refractivity contribution in [2.24, 2.45) is 0 Å². The molecule has 0 radical (unpaired) electrons. The Morgan fingerprint density at radius 1 is 1.50 bits per heavy atom. The van der Waals surface area contributed by atoms with Crippen molar-refractivity contribution in [2.75, 3.05) is 0 Å². The molecule has 14 heavy (non-hydrogen) atoms. The number of hydrogen-bond acceptors (Lipinski definition) is 2. The molecule has 1 aromatic rings. The standard InChI is InChI=1S/C11H21N3/c1-4-6-10-7-11(14-13-10)8-12-9(3)5-2/h7,9,12H,4-6,8H2,1-3H3,(H,13,14). The second kappa shape index (κ2) is 5.81. The zero-order chi connectivity index (χ0) is 10.4. The second-order valence-corrected chi connectivity index (χ2v) is 3.82. The fourth-order valence-electron chi connectivity index (χ4n) is 1.31. The third-order valence-electron chi connectivity index (χ3n) is 2.44. The Morgan fingerprint density at radius 2 is 2.29 bits per heavy atom. The molecule has 80 valence electrons. The van der Waals surface area contributed by atoms with Crippen LogP contribution in [0.3, 0.4) is 0 Å². The molecule has 0 aromatic carbocycles. The molecule has 2 N–H and O–H groups in total. The van der Waals surface area contributed by atoms with Gasteiger partial charge in [0.15, 0.2) is 0 Å². The van der Waals surface area contributed by atoms with Gasteiger partial charge in [0.1, 0.15) is 0 Å². The van der Waals surface area contributed by atoms with Crippen molar-refractivity contribution >= 4 is 0 Å². The minimum Gasteiger partial charge on any atom is -0.309 e. The Kier molecular flexibility index (Phi) is 4.66. The fourth-order valence-corrected chi connectivity index (χ4v) is 1.31. The Bertz CT molecular complexity index is 255. The maximum Gasteiger partial charge on any atom is 0.0625 e. The van der Waals surface area contributed by atoms with Crippen LogP contribution < -0.4 is 5.32 Å². The van der Waals surface area contributed by atoms with Gasteiger partial charge in [-0.15, -0.1) is 0 Å². The zero-order valence-corrected chi connectivity index (χ0v) is 9.43. The van der Waals surface area contributed by atoms with Gasteiger partial charge >= 0.3 is 0 Å². The highest BCUT2D eigenvalue weighted by Gasteiger charge is 2.01. The molecule has 3 nitrogen and oxygen atoms in total. The van der Waals surface area contributed by atoms with E-state index in [-0.39, 0.29) is 0 Å². The van der Waals surface area contributed by atoms with E-state index in [4.69, 9.17) is 0 Å². The van der Waals surface area contributed by atoms with Crippen LogP contribution in [0.15, 0.2) is 6.07 Å². The summed E-state index contributed by atoms with van der Waals surface area (Å²) in [5.41, 5.74) is 2.36. The van der Waals surface area contributed by atoms with Crippen molar-refractivity contribution in [3.8, 4) is 0 Å². The second-order valence-electron chi connectivity index (χ2n) is 3.82. The van der Waals surface area contributed by atoms with Gasteiger partial charge in [-0.1, -0.05) is 20.3 Å². The molecule has 0 bridgehead atoms. The lowest BCUT2D eigenvalue weighted by Gasteiger charge is -2.08. The lowest BCUT2D eigenvalue weighted by molar-refractivity contribution is 0.528. The summed E-state index contributed by atoms with van der Waals surface area (Å²) in [5.74, 6) is 0. The van der Waals surface area contributed by atoms with Crippen LogP contribution in [0.5, 0.6) is 0 Å². The smallest absolute Gasteiger partial charge is 0.0625 e. The highest BCUT2D eigenvalue weighted by molar-refractivity contribution is 5.08. The first-order valence-electron chi connectivity index (χ1n) is 5.52. The van der Waals surface area contributed by atoms with Crippen molar-refractivity contribution in [1.29, 1.82) is 0 Å². The summed E-state index contributed by atoms with van der Waals surface area (Å²) in [6.45, 7) is 7.45. The fraction of sp³-hybridized carbons (Fsp3) is 0.727. The third kappa shape index (κ3) is 3.50. The number of aromatic amines is 1. The number of H-pyrrole nitrogens is 1. The number of aromatic nitrogens is 2. The van der Waals surface area contributed by atoms with Crippen molar-refractivity contribution in [3.63, 3.8) is 0 Å². The van der Waals surface area contributed by atoms with Gasteiger partial charge < -0.3 is 5.32 Å². The van der Waals surface area contributed by atoms with E-state index >= 15 is 0 Å². The highest BCUT2D eigenvalue weighted by Crippen LogP contribution is 2.02. The van der Waals surface area contributed by atoms with Crippen LogP contribution in [-0.4, -0.2) is 16.2 Å². The maximum atomic E-state index is 4.24. The highest BCUT2D eigenvalue weighted by atomic mass is 15.1. The Labute approximate surface area is 86.3 Å². The Balaban J connectivity index is 2.35. The minimum absolute atomic E-state index is 0.577. The van der Waals surface area contributed by atoms with Crippen LogP contribution in [0.1, 0.15) is 45.0 Å². The van der Waals surface area contributed by atoms with Gasteiger partial charge in [0.05, 0.1) is 5.69 Å². The lowest BCUT2D eigenvalue weighted by Crippen LogP contribution is -2.24. The first kappa shape index (κ1) is 11.2. The van der Waals surface area contributed by atoms with Crippen LogP contribution in [0.25, 0.3) is 0 Å². The molecule has 0 fully saturated rings. The maximum absolute atomic E-state index is 4.24. The summed E-state index contributed by atoms with van der Waals surface area (Å²) < 4.78 is 0. The topological polar surface area (TPSA) is 40.7 Å². The van der Waals surface area contributed by atoms with E-state index in [1.54, 1.807) is 0 Å². The molecule has 1 aromatic heterocycles. The Hall–Kier alpha value is -0.830. The van der Waals surface area contributed by atoms with Crippen molar-refractivity contribution < 1.29 is 0 Å². The number of nitrogens with zero attached hydrogens (tertiary/aromatic N) is 1. The number of rotatable bonds is 6. The van der Waals surface area contributed by atoms with E-state index in [0.29, 0.717) is 6.04 Å². The minimum atomic E-state index is 0.577. The molecule has 0 amide bonds. The molecule has 0 aliphatic heterocycles. The molecular weight excluding hydrogens is 174 g/mol. The molecule has 1 rings (SSSR count). The first-order valence-corrected chi connectivity index (χ1v) is 5.52. The molecule has 1 atom stereocenters. The molecule has 0 spiro atoms. The third-order valence-corrected chi connectivity index (χ3v) is 2.44. The summed E-state index contributed by atoms with van der Waals surface area (Å²) in [7, 11) is 0. The molecule has 0 saturated heterocycles. The number of hydrogen-bond donors (Lipinski definition) is 2. The van der Waals surface area contributed by atoms with E-state index in [0.717, 1.165) is 25.8 Å². The molecule has 0 aliphatic carbocycles. The molecule has 0 saturated carbocycles. The summed E-state index contributed by atoms with van der Waals surface area (Å²) in [5, 5.41) is 10.7. The van der Waals surface area contributed by atoms with Gasteiger partial charge in [-0.25, -0.2) is 0 Å². The van der Waals surface area contributed by atoms with E-state index in [1.165, 1.54) is 11.4 Å². The van der Waals surface area contributed by atoms with Gasteiger partial charge in [0.25, 0.3) is 0 Å². The quantitative estimate of drug-likeness (QED) is 0.731. The van der Waals surface area contributed by atoms with E-state index in [1.807, 2.05) is 0 Å². The van der Waals surface area contributed by atoms with Gasteiger partial charge in [0.2, 0.25) is 0 Å². The van der Waals surface area contributed by atoms with Gasteiger partial charge in [-0.2, -0.15) is 5.10 Å². The van der Waals surface area contributed by atoms with Gasteiger partial charge in [0, 0.05) is 18.3 Å². The van der Waals surface area contributed by atoms with Crippen LogP contribution in [0, 0.1) is 0 Å². The molecule has 1 heterocycles. The summed E-state index contributed by atoms with van der Waals surface area (Å²) >= 11 is 0. The lowest BCUT2D eigenvalue weighted by atomic mass is 10.2. The van der Waals surface area contributed by atoms with Crippen molar-refractivity contribution in [3.05, 3.63) is 17.5 Å². The van der Waals surface area contributed by atoms with Crippen LogP contribution >= 0.6 is 0 Å². The Morgan fingerprint density at radius 3 is 2.93 bits per heavy atom. The first-order chi connectivity index (χ1) is 6.76. The van der Waals surface area contributed by atoms with Gasteiger partial charge in [-0.05, 0) is 25.8 Å². The summed E-state index contributed by atoms with van der Waals surface area (Å²) in [4.78, 5) is 0. The molecule has 0 aliphatic rings. The number of nitrogens with one attached hydrogen (secondary N) is 2. The SMILES string of the molecule is CCCc1cc(CNC(C)CC)[nH]n1. The van der Waals surface area contributed by atoms with Crippen LogP contribution in [-0.2, 0) is 13.0 Å². The van der Waals surface area contributed by atoms with Crippen LogP contribution in [0.2, 0.25) is 0 Å². The van der Waals surface area contributed by atoms with E-state index in [9.17, 15) is 0 Å². The average molecular weight is 195 g/mol. The van der Waals surface area contributed by atoms with Crippen LogP contribution in [0.4, 0.5) is 0 Å². The van der Waals surface area contributed by atoms with Crippen molar-refractivity contribution in [2.45, 2.75) is 52.6 Å². The predicted octanol–water partition coefficient (Wildman–Crippen LogP) is 2.25.